The molecule has 0 radical (unpaired) electrons. The number of halogens is 1. The fraction of sp³-hybridized carbons (Fsp3) is 0.286. The molecule has 0 saturated carbocycles. The van der Waals surface area contributed by atoms with Crippen molar-refractivity contribution in [3.8, 4) is 17.0 Å². The van der Waals surface area contributed by atoms with Crippen molar-refractivity contribution in [3.05, 3.63) is 42.1 Å². The van der Waals surface area contributed by atoms with Gasteiger partial charge >= 0.3 is 0 Å². The van der Waals surface area contributed by atoms with Crippen LogP contribution < -0.4 is 10.1 Å². The minimum Gasteiger partial charge on any atom is -0.496 e. The van der Waals surface area contributed by atoms with Crippen molar-refractivity contribution in [1.29, 1.82) is 0 Å². The van der Waals surface area contributed by atoms with Crippen LogP contribution in [0.3, 0.4) is 0 Å². The fourth-order valence-electron chi connectivity index (χ4n) is 1.75. The van der Waals surface area contributed by atoms with E-state index in [-0.39, 0.29) is 5.82 Å². The molecule has 0 spiro atoms. The van der Waals surface area contributed by atoms with Crippen LogP contribution in [-0.2, 0) is 6.54 Å². The van der Waals surface area contributed by atoms with Crippen LogP contribution in [0.4, 0.5) is 4.39 Å². The Balaban J connectivity index is 2.38. The van der Waals surface area contributed by atoms with Crippen LogP contribution in [0.1, 0.15) is 12.7 Å². The van der Waals surface area contributed by atoms with Gasteiger partial charge in [0, 0.05) is 11.8 Å². The first-order valence-electron chi connectivity index (χ1n) is 6.11. The van der Waals surface area contributed by atoms with Crippen LogP contribution in [0.2, 0.25) is 0 Å². The predicted octanol–water partition coefficient (Wildman–Crippen LogP) is 2.40. The van der Waals surface area contributed by atoms with Gasteiger partial charge in [-0.05, 0) is 30.8 Å². The molecule has 0 aliphatic heterocycles. The lowest BCUT2D eigenvalue weighted by atomic mass is 10.1. The second kappa shape index (κ2) is 6.24. The van der Waals surface area contributed by atoms with E-state index in [1.54, 1.807) is 25.4 Å². The van der Waals surface area contributed by atoms with Gasteiger partial charge < -0.3 is 10.1 Å². The van der Waals surface area contributed by atoms with E-state index in [2.05, 4.69) is 15.3 Å². The summed E-state index contributed by atoms with van der Waals surface area (Å²) in [5, 5.41) is 3.15. The number of benzene rings is 1. The van der Waals surface area contributed by atoms with Gasteiger partial charge in [-0.3, -0.25) is 0 Å². The number of rotatable bonds is 5. The summed E-state index contributed by atoms with van der Waals surface area (Å²) < 4.78 is 18.6. The predicted molar refractivity (Wildman–Crippen MR) is 71.4 cm³/mol. The van der Waals surface area contributed by atoms with Gasteiger partial charge in [0.05, 0.1) is 19.3 Å². The molecule has 0 aliphatic carbocycles. The van der Waals surface area contributed by atoms with E-state index in [1.807, 2.05) is 6.92 Å². The maximum absolute atomic E-state index is 13.4. The SMILES string of the molecule is CCNCc1nccc(-c2cc(F)ccc2OC)n1. The highest BCUT2D eigenvalue weighted by Crippen LogP contribution is 2.28. The van der Waals surface area contributed by atoms with Crippen LogP contribution in [0.25, 0.3) is 11.3 Å². The van der Waals surface area contributed by atoms with Crippen LogP contribution in [-0.4, -0.2) is 23.6 Å². The smallest absolute Gasteiger partial charge is 0.142 e. The van der Waals surface area contributed by atoms with Crippen LogP contribution in [0.15, 0.2) is 30.5 Å². The number of nitrogens with one attached hydrogen (secondary N) is 1. The molecule has 0 unspecified atom stereocenters. The molecular weight excluding hydrogens is 245 g/mol. The van der Waals surface area contributed by atoms with Gasteiger partial charge in [-0.15, -0.1) is 0 Å². The summed E-state index contributed by atoms with van der Waals surface area (Å²) in [7, 11) is 1.55. The summed E-state index contributed by atoms with van der Waals surface area (Å²) in [6, 6.07) is 6.12. The van der Waals surface area contributed by atoms with E-state index in [0.717, 1.165) is 6.54 Å². The van der Waals surface area contributed by atoms with E-state index in [9.17, 15) is 4.39 Å². The van der Waals surface area contributed by atoms with Gasteiger partial charge in [0.15, 0.2) is 0 Å². The van der Waals surface area contributed by atoms with E-state index >= 15 is 0 Å². The van der Waals surface area contributed by atoms with Gasteiger partial charge in [0.25, 0.3) is 0 Å². The van der Waals surface area contributed by atoms with Crippen molar-refractivity contribution in [3.63, 3.8) is 0 Å². The molecule has 1 aromatic carbocycles. The molecule has 19 heavy (non-hydrogen) atoms. The quantitative estimate of drug-likeness (QED) is 0.897. The average molecular weight is 261 g/mol. The molecule has 100 valence electrons. The number of hydrogen-bond acceptors (Lipinski definition) is 4. The molecule has 2 rings (SSSR count). The van der Waals surface area contributed by atoms with Crippen LogP contribution in [0, 0.1) is 5.82 Å². The molecule has 0 amide bonds. The van der Waals surface area contributed by atoms with Gasteiger partial charge in [-0.25, -0.2) is 14.4 Å². The Labute approximate surface area is 111 Å². The summed E-state index contributed by atoms with van der Waals surface area (Å²) >= 11 is 0. The second-order valence-electron chi connectivity index (χ2n) is 3.98. The fourth-order valence-corrected chi connectivity index (χ4v) is 1.75. The molecule has 5 heteroatoms. The molecule has 0 saturated heterocycles. The summed E-state index contributed by atoms with van der Waals surface area (Å²) in [6.45, 7) is 3.44. The Bertz CT molecular complexity index is 560. The third-order valence-electron chi connectivity index (χ3n) is 2.68. The highest BCUT2D eigenvalue weighted by atomic mass is 19.1. The molecule has 1 heterocycles. The summed E-state index contributed by atoms with van der Waals surface area (Å²) in [5.74, 6) is 0.947. The summed E-state index contributed by atoms with van der Waals surface area (Å²) in [5.41, 5.74) is 1.28. The largest absolute Gasteiger partial charge is 0.496 e. The van der Waals surface area contributed by atoms with E-state index < -0.39 is 0 Å². The maximum atomic E-state index is 13.4. The lowest BCUT2D eigenvalue weighted by Crippen LogP contribution is -2.14. The van der Waals surface area contributed by atoms with E-state index in [1.165, 1.54) is 12.1 Å². The Hall–Kier alpha value is -2.01. The average Bonchev–Trinajstić information content (AvgIpc) is 2.45. The van der Waals surface area contributed by atoms with E-state index in [0.29, 0.717) is 29.4 Å². The van der Waals surface area contributed by atoms with Crippen LogP contribution >= 0.6 is 0 Å². The molecule has 0 aliphatic rings. The first-order chi connectivity index (χ1) is 9.24. The third kappa shape index (κ3) is 3.26. The highest BCUT2D eigenvalue weighted by Gasteiger charge is 2.09. The zero-order valence-electron chi connectivity index (χ0n) is 11.0. The van der Waals surface area contributed by atoms with Crippen molar-refractivity contribution >= 4 is 0 Å². The Morgan fingerprint density at radius 3 is 2.89 bits per heavy atom. The van der Waals surface area contributed by atoms with Gasteiger partial charge in [-0.2, -0.15) is 0 Å². The van der Waals surface area contributed by atoms with Crippen molar-refractivity contribution in [2.75, 3.05) is 13.7 Å². The number of hydrogen-bond donors (Lipinski definition) is 1. The lowest BCUT2D eigenvalue weighted by Gasteiger charge is -2.09. The molecule has 4 nitrogen and oxygen atoms in total. The normalized spacial score (nSPS) is 10.5. The standard InChI is InChI=1S/C14H16FN3O/c1-3-16-9-14-17-7-6-12(18-14)11-8-10(15)4-5-13(11)19-2/h4-8,16H,3,9H2,1-2H3. The second-order valence-corrected chi connectivity index (χ2v) is 3.98. The number of ether oxygens (including phenoxy) is 1. The van der Waals surface area contributed by atoms with Gasteiger partial charge in [0.1, 0.15) is 17.4 Å². The number of aromatic nitrogens is 2. The van der Waals surface area contributed by atoms with Crippen molar-refractivity contribution in [1.82, 2.24) is 15.3 Å². The molecule has 1 N–H and O–H groups in total. The Morgan fingerprint density at radius 2 is 2.16 bits per heavy atom. The molecule has 0 atom stereocenters. The lowest BCUT2D eigenvalue weighted by molar-refractivity contribution is 0.415. The monoisotopic (exact) mass is 261 g/mol. The minimum atomic E-state index is -0.317. The Kier molecular flexibility index (Phi) is 4.41. The van der Waals surface area contributed by atoms with E-state index in [4.69, 9.17) is 4.74 Å². The molecule has 2 aromatic rings. The van der Waals surface area contributed by atoms with Crippen LogP contribution in [0.5, 0.6) is 5.75 Å². The van der Waals surface area contributed by atoms with Gasteiger partial charge in [0.2, 0.25) is 0 Å². The highest BCUT2D eigenvalue weighted by molar-refractivity contribution is 5.66. The van der Waals surface area contributed by atoms with Crippen molar-refractivity contribution in [2.24, 2.45) is 0 Å². The first-order valence-corrected chi connectivity index (χ1v) is 6.11. The minimum absolute atomic E-state index is 0.317. The van der Waals surface area contributed by atoms with Crippen molar-refractivity contribution in [2.45, 2.75) is 13.5 Å². The number of nitrogens with zero attached hydrogens (tertiary/aromatic N) is 2. The zero-order chi connectivity index (χ0) is 13.7. The first kappa shape index (κ1) is 13.4. The third-order valence-corrected chi connectivity index (χ3v) is 2.68. The topological polar surface area (TPSA) is 47.0 Å². The molecular formula is C14H16FN3O. The van der Waals surface area contributed by atoms with Crippen molar-refractivity contribution < 1.29 is 9.13 Å². The number of methoxy groups -OCH3 is 1. The maximum Gasteiger partial charge on any atom is 0.142 e. The van der Waals surface area contributed by atoms with Gasteiger partial charge in [-0.1, -0.05) is 6.92 Å². The molecule has 1 aromatic heterocycles. The summed E-state index contributed by atoms with van der Waals surface area (Å²) in [6.07, 6.45) is 1.67. The molecule has 0 fully saturated rings. The zero-order valence-corrected chi connectivity index (χ0v) is 11.0. The summed E-state index contributed by atoms with van der Waals surface area (Å²) in [4.78, 5) is 8.58. The Morgan fingerprint density at radius 1 is 1.32 bits per heavy atom. The molecule has 0 bridgehead atoms.